The highest BCUT2D eigenvalue weighted by Crippen LogP contribution is 2.19. The molecule has 5 nitrogen and oxygen atoms in total. The fraction of sp³-hybridized carbons (Fsp3) is 0.211. The largest absolute Gasteiger partial charge is 0.335 e. The molecule has 0 bridgehead atoms. The number of anilines is 1. The Kier molecular flexibility index (Phi) is 6.15. The highest BCUT2D eigenvalue weighted by Gasteiger charge is 2.15. The van der Waals surface area contributed by atoms with Gasteiger partial charge < -0.3 is 4.90 Å². The van der Waals surface area contributed by atoms with Crippen LogP contribution in [0.25, 0.3) is 6.08 Å². The Morgan fingerprint density at radius 1 is 1.12 bits per heavy atom. The molecule has 0 saturated heterocycles. The number of likely N-dealkylation sites (N-methyl/N-ethyl adjacent to an activating group) is 1. The smallest absolute Gasteiger partial charge is 0.246 e. The maximum absolute atomic E-state index is 13.0. The van der Waals surface area contributed by atoms with Gasteiger partial charge in [0.15, 0.2) is 0 Å². The molecule has 0 aliphatic heterocycles. The number of benzene rings is 2. The number of sulfonamides is 1. The highest BCUT2D eigenvalue weighted by atomic mass is 32.2. The predicted molar refractivity (Wildman–Crippen MR) is 102 cm³/mol. The highest BCUT2D eigenvalue weighted by molar-refractivity contribution is 7.92. The van der Waals surface area contributed by atoms with E-state index in [0.29, 0.717) is 5.69 Å². The van der Waals surface area contributed by atoms with Crippen LogP contribution in [0.4, 0.5) is 10.1 Å². The molecule has 0 spiro atoms. The Morgan fingerprint density at radius 3 is 2.23 bits per heavy atom. The second-order valence-corrected chi connectivity index (χ2v) is 7.75. The molecule has 26 heavy (non-hydrogen) atoms. The van der Waals surface area contributed by atoms with Crippen molar-refractivity contribution in [3.05, 3.63) is 71.6 Å². The summed E-state index contributed by atoms with van der Waals surface area (Å²) >= 11 is 0. The molecule has 138 valence electrons. The van der Waals surface area contributed by atoms with Crippen LogP contribution in [-0.4, -0.2) is 32.5 Å². The molecule has 0 fully saturated rings. The summed E-state index contributed by atoms with van der Waals surface area (Å²) in [5.74, 6) is -0.510. The normalized spacial score (nSPS) is 12.8. The quantitative estimate of drug-likeness (QED) is 0.786. The van der Waals surface area contributed by atoms with Crippen molar-refractivity contribution in [3.8, 4) is 0 Å². The topological polar surface area (TPSA) is 66.5 Å². The molecular weight excluding hydrogens is 355 g/mol. The van der Waals surface area contributed by atoms with E-state index in [9.17, 15) is 17.6 Å². The minimum absolute atomic E-state index is 0.194. The fourth-order valence-electron chi connectivity index (χ4n) is 2.32. The van der Waals surface area contributed by atoms with Crippen LogP contribution in [0.5, 0.6) is 0 Å². The van der Waals surface area contributed by atoms with Gasteiger partial charge in [0.05, 0.1) is 12.3 Å². The minimum atomic E-state index is -3.32. The Morgan fingerprint density at radius 2 is 1.69 bits per heavy atom. The van der Waals surface area contributed by atoms with Crippen LogP contribution >= 0.6 is 0 Å². The Hall–Kier alpha value is -2.67. The van der Waals surface area contributed by atoms with Crippen LogP contribution < -0.4 is 4.72 Å². The van der Waals surface area contributed by atoms with E-state index in [2.05, 4.69) is 4.72 Å². The lowest BCUT2D eigenvalue weighted by atomic mass is 10.1. The summed E-state index contributed by atoms with van der Waals surface area (Å²) in [5.41, 5.74) is 2.06. The Bertz CT molecular complexity index is 891. The summed E-state index contributed by atoms with van der Waals surface area (Å²) in [5, 5.41) is 0. The van der Waals surface area contributed by atoms with E-state index >= 15 is 0 Å². The Balaban J connectivity index is 2.02. The number of halogens is 1. The molecule has 0 aliphatic carbocycles. The summed E-state index contributed by atoms with van der Waals surface area (Å²) in [6.07, 6.45) is 4.18. The van der Waals surface area contributed by atoms with Gasteiger partial charge in [0.1, 0.15) is 5.82 Å². The van der Waals surface area contributed by atoms with Gasteiger partial charge in [-0.15, -0.1) is 0 Å². The number of amides is 1. The van der Waals surface area contributed by atoms with Crippen LogP contribution in [0.1, 0.15) is 24.1 Å². The first-order valence-electron chi connectivity index (χ1n) is 7.94. The van der Waals surface area contributed by atoms with E-state index in [1.807, 2.05) is 6.92 Å². The van der Waals surface area contributed by atoms with Crippen LogP contribution in [0.2, 0.25) is 0 Å². The van der Waals surface area contributed by atoms with Crippen LogP contribution in [0.15, 0.2) is 54.6 Å². The third-order valence-corrected chi connectivity index (χ3v) is 4.52. The molecule has 0 aliphatic rings. The van der Waals surface area contributed by atoms with Crippen molar-refractivity contribution in [1.82, 2.24) is 4.90 Å². The van der Waals surface area contributed by atoms with Gasteiger partial charge in [0.2, 0.25) is 15.9 Å². The van der Waals surface area contributed by atoms with Crippen LogP contribution in [-0.2, 0) is 14.8 Å². The zero-order valence-electron chi connectivity index (χ0n) is 14.8. The summed E-state index contributed by atoms with van der Waals surface area (Å²) in [6, 6.07) is 12.5. The van der Waals surface area contributed by atoms with Gasteiger partial charge in [0, 0.05) is 18.8 Å². The molecule has 7 heteroatoms. The van der Waals surface area contributed by atoms with Crippen LogP contribution in [0, 0.1) is 5.82 Å². The van der Waals surface area contributed by atoms with E-state index in [0.717, 1.165) is 17.4 Å². The lowest BCUT2D eigenvalue weighted by molar-refractivity contribution is -0.126. The summed E-state index contributed by atoms with van der Waals surface area (Å²) in [7, 11) is -1.64. The molecule has 2 aromatic rings. The first kappa shape index (κ1) is 19.7. The average Bonchev–Trinajstić information content (AvgIpc) is 2.59. The summed E-state index contributed by atoms with van der Waals surface area (Å²) in [4.78, 5) is 13.9. The van der Waals surface area contributed by atoms with E-state index in [4.69, 9.17) is 0 Å². The maximum atomic E-state index is 13.0. The maximum Gasteiger partial charge on any atom is 0.246 e. The molecule has 2 aromatic carbocycles. The molecule has 0 aromatic heterocycles. The van der Waals surface area contributed by atoms with Crippen molar-refractivity contribution in [2.75, 3.05) is 18.0 Å². The molecular formula is C19H21FN2O3S. The number of hydrogen-bond acceptors (Lipinski definition) is 3. The molecule has 1 amide bonds. The van der Waals surface area contributed by atoms with Gasteiger partial charge in [-0.3, -0.25) is 9.52 Å². The zero-order valence-corrected chi connectivity index (χ0v) is 15.6. The van der Waals surface area contributed by atoms with E-state index < -0.39 is 10.0 Å². The van der Waals surface area contributed by atoms with Gasteiger partial charge in [-0.2, -0.15) is 0 Å². The third kappa shape index (κ3) is 5.70. The molecule has 1 unspecified atom stereocenters. The Labute approximate surface area is 153 Å². The molecule has 1 N–H and O–H groups in total. The van der Waals surface area contributed by atoms with Crippen molar-refractivity contribution in [3.63, 3.8) is 0 Å². The first-order chi connectivity index (χ1) is 12.2. The van der Waals surface area contributed by atoms with Crippen LogP contribution in [0.3, 0.4) is 0 Å². The van der Waals surface area contributed by atoms with Crippen molar-refractivity contribution in [2.45, 2.75) is 13.0 Å². The molecule has 0 saturated carbocycles. The number of nitrogens with zero attached hydrogens (tertiary/aromatic N) is 1. The minimum Gasteiger partial charge on any atom is -0.335 e. The third-order valence-electron chi connectivity index (χ3n) is 3.91. The van der Waals surface area contributed by atoms with Crippen molar-refractivity contribution in [1.29, 1.82) is 0 Å². The summed E-state index contributed by atoms with van der Waals surface area (Å²) in [6.45, 7) is 1.87. The fourth-order valence-corrected chi connectivity index (χ4v) is 2.88. The molecule has 1 atom stereocenters. The second-order valence-electron chi connectivity index (χ2n) is 6.01. The van der Waals surface area contributed by atoms with E-state index in [-0.39, 0.29) is 17.8 Å². The van der Waals surface area contributed by atoms with E-state index in [1.54, 1.807) is 54.4 Å². The van der Waals surface area contributed by atoms with Gasteiger partial charge in [-0.05, 0) is 48.4 Å². The van der Waals surface area contributed by atoms with Crippen molar-refractivity contribution < 1.29 is 17.6 Å². The second kappa shape index (κ2) is 8.14. The molecule has 2 rings (SSSR count). The van der Waals surface area contributed by atoms with Gasteiger partial charge in [-0.25, -0.2) is 12.8 Å². The summed E-state index contributed by atoms with van der Waals surface area (Å²) < 4.78 is 37.7. The van der Waals surface area contributed by atoms with Gasteiger partial charge in [0.25, 0.3) is 0 Å². The predicted octanol–water partition coefficient (Wildman–Crippen LogP) is 3.43. The number of rotatable bonds is 6. The standard InChI is InChI=1S/C19H21FN2O3S/c1-14(16-7-9-17(20)10-8-16)22(2)19(23)13-6-15-4-11-18(12-5-15)21-26(3,24)25/h4-14,21H,1-3H3. The zero-order chi connectivity index (χ0) is 19.3. The van der Waals surface area contributed by atoms with E-state index in [1.165, 1.54) is 18.2 Å². The van der Waals surface area contributed by atoms with Crippen molar-refractivity contribution >= 4 is 27.7 Å². The SMILES string of the molecule is CC(c1ccc(F)cc1)N(C)C(=O)C=Cc1ccc(NS(C)(=O)=O)cc1. The van der Waals surface area contributed by atoms with Gasteiger partial charge in [-0.1, -0.05) is 24.3 Å². The number of carbonyl (C=O) groups is 1. The lowest BCUT2D eigenvalue weighted by Crippen LogP contribution is -2.27. The average molecular weight is 376 g/mol. The monoisotopic (exact) mass is 376 g/mol. The number of hydrogen-bond donors (Lipinski definition) is 1. The van der Waals surface area contributed by atoms with Gasteiger partial charge >= 0.3 is 0 Å². The van der Waals surface area contributed by atoms with Crippen molar-refractivity contribution in [2.24, 2.45) is 0 Å². The molecule has 0 radical (unpaired) electrons. The number of nitrogens with one attached hydrogen (secondary N) is 1. The first-order valence-corrected chi connectivity index (χ1v) is 9.83. The lowest BCUT2D eigenvalue weighted by Gasteiger charge is -2.24. The molecule has 0 heterocycles. The number of carbonyl (C=O) groups excluding carboxylic acids is 1.